The lowest BCUT2D eigenvalue weighted by molar-refractivity contribution is -0.00585. The van der Waals surface area contributed by atoms with Crippen molar-refractivity contribution in [3.63, 3.8) is 0 Å². The Hall–Kier alpha value is -1.14. The maximum atomic E-state index is 10.2. The van der Waals surface area contributed by atoms with E-state index in [0.29, 0.717) is 13.0 Å². The summed E-state index contributed by atoms with van der Waals surface area (Å²) in [7, 11) is 0. The Balaban J connectivity index is 1.46. The smallest absolute Gasteiger partial charge is 0.123 e. The van der Waals surface area contributed by atoms with E-state index in [1.807, 2.05) is 18.2 Å². The maximum Gasteiger partial charge on any atom is 0.123 e. The molecule has 0 aromatic heterocycles. The number of piperidine rings is 1. The Morgan fingerprint density at radius 1 is 1.04 bits per heavy atom. The molecule has 140 valence electrons. The summed E-state index contributed by atoms with van der Waals surface area (Å²) in [6.07, 6.45) is 5.73. The summed E-state index contributed by atoms with van der Waals surface area (Å²) in [5, 5.41) is 19.5. The van der Waals surface area contributed by atoms with Gasteiger partial charge >= 0.3 is 0 Å². The Morgan fingerprint density at radius 3 is 2.60 bits per heavy atom. The molecule has 0 unspecified atom stereocenters. The molecule has 25 heavy (non-hydrogen) atoms. The van der Waals surface area contributed by atoms with Crippen LogP contribution in [0.2, 0.25) is 0 Å². The van der Waals surface area contributed by atoms with Crippen LogP contribution in [0.4, 0.5) is 0 Å². The fourth-order valence-corrected chi connectivity index (χ4v) is 3.87. The van der Waals surface area contributed by atoms with Gasteiger partial charge in [0.25, 0.3) is 0 Å². The summed E-state index contributed by atoms with van der Waals surface area (Å²) >= 11 is 0. The summed E-state index contributed by atoms with van der Waals surface area (Å²) < 4.78 is 6.05. The number of para-hydroxylation sites is 1. The molecule has 2 aliphatic rings. The van der Waals surface area contributed by atoms with Gasteiger partial charge in [0.1, 0.15) is 11.4 Å². The van der Waals surface area contributed by atoms with Crippen molar-refractivity contribution < 1.29 is 14.9 Å². The fraction of sp³-hybridized carbons (Fsp3) is 0.700. The number of aliphatic hydroxyl groups is 2. The number of aliphatic hydroxyl groups excluding tert-OH is 1. The van der Waals surface area contributed by atoms with Crippen molar-refractivity contribution >= 4 is 0 Å². The van der Waals surface area contributed by atoms with Gasteiger partial charge in [0, 0.05) is 31.7 Å². The largest absolute Gasteiger partial charge is 0.493 e. The topological polar surface area (TPSA) is 56.2 Å². The van der Waals surface area contributed by atoms with Crippen LogP contribution in [-0.4, -0.2) is 71.6 Å². The van der Waals surface area contributed by atoms with E-state index in [1.165, 1.54) is 32.4 Å². The molecule has 0 saturated carbocycles. The zero-order valence-electron chi connectivity index (χ0n) is 15.2. The third-order valence-corrected chi connectivity index (χ3v) is 5.40. The highest BCUT2D eigenvalue weighted by Gasteiger charge is 2.35. The zero-order chi connectivity index (χ0) is 17.5. The summed E-state index contributed by atoms with van der Waals surface area (Å²) in [5.74, 6) is 0.945. The summed E-state index contributed by atoms with van der Waals surface area (Å²) in [5.41, 5.74) is 0.215. The molecule has 5 heteroatoms. The molecule has 0 amide bonds. The van der Waals surface area contributed by atoms with Crippen molar-refractivity contribution in [1.82, 2.24) is 9.80 Å². The molecule has 2 N–H and O–H groups in total. The normalized spacial score (nSPS) is 25.4. The number of likely N-dealkylation sites (tertiary alicyclic amines) is 2. The van der Waals surface area contributed by atoms with Crippen LogP contribution in [0.5, 0.6) is 5.75 Å². The van der Waals surface area contributed by atoms with Crippen LogP contribution >= 0.6 is 0 Å². The van der Waals surface area contributed by atoms with Crippen molar-refractivity contribution in [3.8, 4) is 5.75 Å². The Kier molecular flexibility index (Phi) is 6.70. The molecule has 5 nitrogen and oxygen atoms in total. The van der Waals surface area contributed by atoms with Crippen molar-refractivity contribution in [2.45, 2.75) is 44.2 Å². The summed E-state index contributed by atoms with van der Waals surface area (Å²) in [6.45, 7) is 6.25. The van der Waals surface area contributed by atoms with Gasteiger partial charge in [-0.2, -0.15) is 0 Å². The average Bonchev–Trinajstić information content (AvgIpc) is 3.02. The molecule has 2 aliphatic heterocycles. The first-order chi connectivity index (χ1) is 12.2. The minimum Gasteiger partial charge on any atom is -0.493 e. The zero-order valence-corrected chi connectivity index (χ0v) is 15.2. The number of hydrogen-bond acceptors (Lipinski definition) is 5. The first kappa shape index (κ1) is 18.6. The predicted octanol–water partition coefficient (Wildman–Crippen LogP) is 1.87. The maximum absolute atomic E-state index is 10.2. The third-order valence-electron chi connectivity index (χ3n) is 5.40. The third kappa shape index (κ3) is 5.42. The van der Waals surface area contributed by atoms with Crippen LogP contribution in [0.3, 0.4) is 0 Å². The second-order valence-electron chi connectivity index (χ2n) is 7.56. The molecule has 2 saturated heterocycles. The van der Waals surface area contributed by atoms with Crippen molar-refractivity contribution in [2.24, 2.45) is 0 Å². The molecule has 1 aromatic rings. The molecule has 0 bridgehead atoms. The average molecular weight is 348 g/mol. The molecule has 2 heterocycles. The highest BCUT2D eigenvalue weighted by atomic mass is 16.5. The van der Waals surface area contributed by atoms with Gasteiger partial charge in [0.05, 0.1) is 13.2 Å². The van der Waals surface area contributed by atoms with E-state index in [2.05, 4.69) is 15.9 Å². The van der Waals surface area contributed by atoms with Crippen molar-refractivity contribution in [2.75, 3.05) is 45.9 Å². The lowest BCUT2D eigenvalue weighted by Gasteiger charge is -2.26. The number of β-amino-alcohol motifs (C(OH)–C–C–N with tert-alkyl or cyclic N) is 1. The minimum absolute atomic E-state index is 0.169. The van der Waals surface area contributed by atoms with Crippen molar-refractivity contribution in [1.29, 1.82) is 0 Å². The monoisotopic (exact) mass is 348 g/mol. The predicted molar refractivity (Wildman–Crippen MR) is 98.8 cm³/mol. The number of nitrogens with zero attached hydrogens (tertiary/aromatic N) is 2. The minimum atomic E-state index is -0.940. The molecule has 0 radical (unpaired) electrons. The lowest BCUT2D eigenvalue weighted by Crippen LogP contribution is -2.36. The van der Waals surface area contributed by atoms with Crippen molar-refractivity contribution in [3.05, 3.63) is 29.8 Å². The summed E-state index contributed by atoms with van der Waals surface area (Å²) in [6, 6.07) is 8.17. The van der Waals surface area contributed by atoms with E-state index >= 15 is 0 Å². The van der Waals surface area contributed by atoms with Gasteiger partial charge in [-0.15, -0.1) is 0 Å². The number of benzene rings is 1. The first-order valence-electron chi connectivity index (χ1n) is 9.67. The molecule has 0 spiro atoms. The summed E-state index contributed by atoms with van der Waals surface area (Å²) in [4.78, 5) is 4.73. The Morgan fingerprint density at radius 2 is 1.84 bits per heavy atom. The molecule has 0 aliphatic carbocycles. The quantitative estimate of drug-likeness (QED) is 0.703. The van der Waals surface area contributed by atoms with Crippen LogP contribution in [0.1, 0.15) is 37.7 Å². The van der Waals surface area contributed by atoms with E-state index in [9.17, 15) is 10.2 Å². The standard InChI is InChI=1S/C20H32N2O3/c23-17-20(24)9-13-22(16-20)15-18-7-2-3-8-19(18)25-14-6-12-21-10-4-1-5-11-21/h2-3,7-8,23-24H,1,4-6,9-17H2/t20-/m0/s1. The Labute approximate surface area is 151 Å². The highest BCUT2D eigenvalue weighted by Crippen LogP contribution is 2.26. The number of hydrogen-bond donors (Lipinski definition) is 2. The van der Waals surface area contributed by atoms with Crippen LogP contribution < -0.4 is 4.74 Å². The van der Waals surface area contributed by atoms with Gasteiger partial charge in [-0.3, -0.25) is 4.90 Å². The SMILES string of the molecule is OC[C@]1(O)CCN(Cc2ccccc2OCCCN2CCCCC2)C1. The second kappa shape index (κ2) is 8.99. The van der Waals surface area contributed by atoms with Gasteiger partial charge in [0.15, 0.2) is 0 Å². The Bertz CT molecular complexity index is 533. The molecular formula is C20H32N2O3. The second-order valence-corrected chi connectivity index (χ2v) is 7.56. The van der Waals surface area contributed by atoms with Crippen LogP contribution in [0.15, 0.2) is 24.3 Å². The van der Waals surface area contributed by atoms with Crippen LogP contribution in [0, 0.1) is 0 Å². The first-order valence-corrected chi connectivity index (χ1v) is 9.67. The van der Waals surface area contributed by atoms with Gasteiger partial charge in [-0.1, -0.05) is 24.6 Å². The van der Waals surface area contributed by atoms with Gasteiger partial charge in [-0.25, -0.2) is 0 Å². The van der Waals surface area contributed by atoms with Crippen LogP contribution in [-0.2, 0) is 6.54 Å². The molecular weight excluding hydrogens is 316 g/mol. The van der Waals surface area contributed by atoms with Crippen LogP contribution in [0.25, 0.3) is 0 Å². The van der Waals surface area contributed by atoms with Gasteiger partial charge < -0.3 is 19.8 Å². The van der Waals surface area contributed by atoms with E-state index in [-0.39, 0.29) is 6.61 Å². The van der Waals surface area contributed by atoms with E-state index in [4.69, 9.17) is 4.74 Å². The number of rotatable bonds is 8. The van der Waals surface area contributed by atoms with Gasteiger partial charge in [-0.05, 0) is 44.8 Å². The lowest BCUT2D eigenvalue weighted by atomic mass is 10.1. The van der Waals surface area contributed by atoms with Gasteiger partial charge in [0.2, 0.25) is 0 Å². The molecule has 1 aromatic carbocycles. The van der Waals surface area contributed by atoms with E-state index < -0.39 is 5.60 Å². The fourth-order valence-electron chi connectivity index (χ4n) is 3.87. The highest BCUT2D eigenvalue weighted by molar-refractivity contribution is 5.33. The van der Waals surface area contributed by atoms with E-state index in [0.717, 1.165) is 44.0 Å². The molecule has 3 rings (SSSR count). The molecule has 1 atom stereocenters. The number of ether oxygens (including phenoxy) is 1. The van der Waals surface area contributed by atoms with E-state index in [1.54, 1.807) is 0 Å². The molecule has 2 fully saturated rings.